The van der Waals surface area contributed by atoms with Gasteiger partial charge in [0.25, 0.3) is 0 Å². The van der Waals surface area contributed by atoms with Crippen LogP contribution in [0.1, 0.15) is 39.0 Å². The molecule has 0 aromatic rings. The number of nitrogens with two attached hydrogens (primary N) is 1. The number of hydrogen-bond acceptors (Lipinski definition) is 4. The quantitative estimate of drug-likeness (QED) is 0.648. The van der Waals surface area contributed by atoms with E-state index < -0.39 is 15.6 Å². The Hall–Kier alpha value is -0.660. The van der Waals surface area contributed by atoms with Crippen LogP contribution in [0.15, 0.2) is 0 Å². The molecule has 6 nitrogen and oxygen atoms in total. The molecule has 0 aromatic carbocycles. The highest BCUT2D eigenvalue weighted by molar-refractivity contribution is 7.88. The molecule has 0 aliphatic heterocycles. The fourth-order valence-corrected chi connectivity index (χ4v) is 3.35. The first-order chi connectivity index (χ1) is 8.79. The molecule has 1 fully saturated rings. The molecule has 0 spiro atoms. The zero-order valence-corrected chi connectivity index (χ0v) is 12.6. The monoisotopic (exact) mass is 291 g/mol. The van der Waals surface area contributed by atoms with Crippen LogP contribution < -0.4 is 11.1 Å². The van der Waals surface area contributed by atoms with Crippen LogP contribution in [0, 0.1) is 0 Å². The molecule has 1 aliphatic carbocycles. The largest absolute Gasteiger partial charge is 0.354 e. The number of carbonyl (C=O) groups is 1. The number of rotatable bonds is 7. The van der Waals surface area contributed by atoms with Crippen LogP contribution in [0.25, 0.3) is 0 Å². The average Bonchev–Trinajstić information content (AvgIpc) is 2.75. The second-order valence-corrected chi connectivity index (χ2v) is 7.21. The van der Waals surface area contributed by atoms with Gasteiger partial charge in [-0.3, -0.25) is 4.79 Å². The van der Waals surface area contributed by atoms with Gasteiger partial charge in [0, 0.05) is 19.6 Å². The minimum Gasteiger partial charge on any atom is -0.354 e. The number of nitrogens with zero attached hydrogens (tertiary/aromatic N) is 1. The molecule has 0 atom stereocenters. The lowest BCUT2D eigenvalue weighted by atomic mass is 9.98. The van der Waals surface area contributed by atoms with E-state index in [-0.39, 0.29) is 5.91 Å². The van der Waals surface area contributed by atoms with E-state index in [4.69, 9.17) is 5.73 Å². The van der Waals surface area contributed by atoms with Gasteiger partial charge in [-0.25, -0.2) is 12.7 Å². The van der Waals surface area contributed by atoms with Gasteiger partial charge >= 0.3 is 0 Å². The topological polar surface area (TPSA) is 92.5 Å². The fraction of sp³-hybridized carbons (Fsp3) is 0.917. The van der Waals surface area contributed by atoms with Crippen LogP contribution >= 0.6 is 0 Å². The summed E-state index contributed by atoms with van der Waals surface area (Å²) in [5.74, 6) is -0.104. The molecule has 0 heterocycles. The zero-order chi connectivity index (χ0) is 14.5. The third-order valence-electron chi connectivity index (χ3n) is 3.64. The first-order valence-corrected chi connectivity index (χ1v) is 8.67. The van der Waals surface area contributed by atoms with E-state index in [0.717, 1.165) is 25.7 Å². The molecule has 0 radical (unpaired) electrons. The Bertz CT molecular complexity index is 402. The highest BCUT2D eigenvalue weighted by Crippen LogP contribution is 2.27. The van der Waals surface area contributed by atoms with Gasteiger partial charge in [0.2, 0.25) is 15.9 Å². The number of carbonyl (C=O) groups excluding carboxylic acids is 1. The zero-order valence-electron chi connectivity index (χ0n) is 11.8. The van der Waals surface area contributed by atoms with Crippen molar-refractivity contribution in [2.75, 3.05) is 25.9 Å². The van der Waals surface area contributed by atoms with Crippen molar-refractivity contribution in [1.29, 1.82) is 0 Å². The van der Waals surface area contributed by atoms with Crippen LogP contribution in [0.4, 0.5) is 0 Å². The van der Waals surface area contributed by atoms with Gasteiger partial charge in [-0.15, -0.1) is 0 Å². The first-order valence-electron chi connectivity index (χ1n) is 6.82. The standard InChI is InChI=1S/C12H25N3O3S/c1-3-15(19(2,17)18)10-6-9-14-11(16)12(13)7-4-5-8-12/h3-10,13H2,1-2H3,(H,14,16). The predicted octanol–water partition coefficient (Wildman–Crippen LogP) is 0.0457. The van der Waals surface area contributed by atoms with Crippen molar-refractivity contribution in [2.24, 2.45) is 5.73 Å². The maximum absolute atomic E-state index is 11.9. The molecule has 19 heavy (non-hydrogen) atoms. The molecule has 112 valence electrons. The molecule has 0 unspecified atom stereocenters. The number of nitrogens with one attached hydrogen (secondary N) is 1. The SMILES string of the molecule is CCN(CCCNC(=O)C1(N)CCCC1)S(C)(=O)=O. The van der Waals surface area contributed by atoms with Crippen molar-refractivity contribution >= 4 is 15.9 Å². The smallest absolute Gasteiger partial charge is 0.240 e. The highest BCUT2D eigenvalue weighted by atomic mass is 32.2. The van der Waals surface area contributed by atoms with Gasteiger partial charge in [-0.05, 0) is 19.3 Å². The van der Waals surface area contributed by atoms with E-state index >= 15 is 0 Å². The Morgan fingerprint density at radius 2 is 1.95 bits per heavy atom. The molecule has 1 amide bonds. The van der Waals surface area contributed by atoms with Crippen molar-refractivity contribution in [3.63, 3.8) is 0 Å². The number of sulfonamides is 1. The van der Waals surface area contributed by atoms with Crippen LogP contribution in [-0.2, 0) is 14.8 Å². The summed E-state index contributed by atoms with van der Waals surface area (Å²) in [7, 11) is -3.15. The summed E-state index contributed by atoms with van der Waals surface area (Å²) >= 11 is 0. The molecule has 1 rings (SSSR count). The summed E-state index contributed by atoms with van der Waals surface area (Å²) in [5.41, 5.74) is 5.31. The molecular weight excluding hydrogens is 266 g/mol. The van der Waals surface area contributed by atoms with E-state index in [2.05, 4.69) is 5.32 Å². The molecule has 3 N–H and O–H groups in total. The summed E-state index contributed by atoms with van der Waals surface area (Å²) in [6, 6.07) is 0. The summed E-state index contributed by atoms with van der Waals surface area (Å²) in [6.07, 6.45) is 5.28. The molecule has 1 saturated carbocycles. The van der Waals surface area contributed by atoms with Gasteiger partial charge in [-0.1, -0.05) is 19.8 Å². The van der Waals surface area contributed by atoms with Gasteiger partial charge in [0.05, 0.1) is 11.8 Å². The van der Waals surface area contributed by atoms with Crippen LogP contribution in [0.2, 0.25) is 0 Å². The minimum atomic E-state index is -3.15. The van der Waals surface area contributed by atoms with E-state index in [1.807, 2.05) is 0 Å². The second-order valence-electron chi connectivity index (χ2n) is 5.23. The third-order valence-corrected chi connectivity index (χ3v) is 5.02. The summed E-state index contributed by atoms with van der Waals surface area (Å²) < 4.78 is 24.1. The predicted molar refractivity (Wildman–Crippen MR) is 75.1 cm³/mol. The molecule has 7 heteroatoms. The van der Waals surface area contributed by atoms with E-state index in [1.165, 1.54) is 10.6 Å². The van der Waals surface area contributed by atoms with Crippen LogP contribution in [-0.4, -0.2) is 50.1 Å². The van der Waals surface area contributed by atoms with Crippen LogP contribution in [0.3, 0.4) is 0 Å². The van der Waals surface area contributed by atoms with Gasteiger partial charge < -0.3 is 11.1 Å². The normalized spacial score (nSPS) is 18.7. The van der Waals surface area contributed by atoms with Crippen molar-refractivity contribution in [2.45, 2.75) is 44.6 Å². The Morgan fingerprint density at radius 3 is 2.42 bits per heavy atom. The van der Waals surface area contributed by atoms with Gasteiger partial charge in [0.1, 0.15) is 0 Å². The lowest BCUT2D eigenvalue weighted by molar-refractivity contribution is -0.126. The second kappa shape index (κ2) is 6.67. The van der Waals surface area contributed by atoms with E-state index in [0.29, 0.717) is 26.1 Å². The van der Waals surface area contributed by atoms with Crippen molar-refractivity contribution in [3.8, 4) is 0 Å². The van der Waals surface area contributed by atoms with Crippen molar-refractivity contribution in [1.82, 2.24) is 9.62 Å². The molecule has 1 aliphatic rings. The van der Waals surface area contributed by atoms with Gasteiger partial charge in [-0.2, -0.15) is 0 Å². The minimum absolute atomic E-state index is 0.104. The van der Waals surface area contributed by atoms with E-state index in [1.54, 1.807) is 6.92 Å². The molecule has 0 aromatic heterocycles. The summed E-state index contributed by atoms with van der Waals surface area (Å²) in [4.78, 5) is 11.9. The summed E-state index contributed by atoms with van der Waals surface area (Å²) in [5, 5.41) is 2.81. The Kier molecular flexibility index (Phi) is 5.76. The van der Waals surface area contributed by atoms with Gasteiger partial charge in [0.15, 0.2) is 0 Å². The maximum atomic E-state index is 11.9. The average molecular weight is 291 g/mol. The number of amides is 1. The first kappa shape index (κ1) is 16.4. The Labute approximate surface area is 115 Å². The lowest BCUT2D eigenvalue weighted by Crippen LogP contribution is -2.52. The fourth-order valence-electron chi connectivity index (χ4n) is 2.42. The molecule has 0 bridgehead atoms. The Morgan fingerprint density at radius 1 is 1.37 bits per heavy atom. The number of hydrogen-bond donors (Lipinski definition) is 2. The van der Waals surface area contributed by atoms with Crippen LogP contribution in [0.5, 0.6) is 0 Å². The molecule has 0 saturated heterocycles. The van der Waals surface area contributed by atoms with Crippen molar-refractivity contribution in [3.05, 3.63) is 0 Å². The van der Waals surface area contributed by atoms with Crippen molar-refractivity contribution < 1.29 is 13.2 Å². The lowest BCUT2D eigenvalue weighted by Gasteiger charge is -2.23. The summed E-state index contributed by atoms with van der Waals surface area (Å²) in [6.45, 7) is 3.14. The molecular formula is C12H25N3O3S. The maximum Gasteiger partial charge on any atom is 0.240 e. The highest BCUT2D eigenvalue weighted by Gasteiger charge is 2.36. The third kappa shape index (κ3) is 4.74. The van der Waals surface area contributed by atoms with E-state index in [9.17, 15) is 13.2 Å². The Balaban J connectivity index is 2.29.